The van der Waals surface area contributed by atoms with Crippen molar-refractivity contribution in [3.8, 4) is 5.75 Å². The van der Waals surface area contributed by atoms with E-state index in [1.54, 1.807) is 0 Å². The summed E-state index contributed by atoms with van der Waals surface area (Å²) in [6.45, 7) is 3.23. The first-order chi connectivity index (χ1) is 10.3. The third-order valence-corrected chi connectivity index (χ3v) is 4.91. The lowest BCUT2D eigenvalue weighted by atomic mass is 10.1. The summed E-state index contributed by atoms with van der Waals surface area (Å²) in [5, 5.41) is 0. The molecule has 0 fully saturated rings. The molecule has 0 saturated heterocycles. The summed E-state index contributed by atoms with van der Waals surface area (Å²) in [5.41, 5.74) is 2.40. The van der Waals surface area contributed by atoms with E-state index >= 15 is 0 Å². The number of rotatable bonds is 8. The fourth-order valence-corrected chi connectivity index (χ4v) is 3.34. The van der Waals surface area contributed by atoms with Crippen LogP contribution in [0.4, 0.5) is 0 Å². The third kappa shape index (κ3) is 6.05. The summed E-state index contributed by atoms with van der Waals surface area (Å²) in [4.78, 5) is 0. The molecule has 0 N–H and O–H groups in total. The van der Waals surface area contributed by atoms with Gasteiger partial charge in [0.15, 0.2) is 0 Å². The SMILES string of the molecule is CCOP(Cl)CCc1cccc(OCc2ccccc2)c1. The van der Waals surface area contributed by atoms with Gasteiger partial charge in [-0.05, 0) is 36.6 Å². The van der Waals surface area contributed by atoms with Crippen LogP contribution in [0.15, 0.2) is 54.6 Å². The maximum Gasteiger partial charge on any atom is 0.124 e. The van der Waals surface area contributed by atoms with Gasteiger partial charge >= 0.3 is 0 Å². The van der Waals surface area contributed by atoms with Gasteiger partial charge in [0.1, 0.15) is 19.9 Å². The van der Waals surface area contributed by atoms with E-state index in [0.29, 0.717) is 13.2 Å². The Kier molecular flexibility index (Phi) is 7.02. The van der Waals surface area contributed by atoms with Crippen LogP contribution in [0.1, 0.15) is 18.1 Å². The molecular formula is C17H20ClO2P. The van der Waals surface area contributed by atoms with Crippen LogP contribution < -0.4 is 4.74 Å². The van der Waals surface area contributed by atoms with Crippen molar-refractivity contribution in [3.63, 3.8) is 0 Å². The van der Waals surface area contributed by atoms with Gasteiger partial charge in [0.25, 0.3) is 0 Å². The topological polar surface area (TPSA) is 18.5 Å². The van der Waals surface area contributed by atoms with E-state index in [1.807, 2.05) is 37.3 Å². The number of halogens is 1. The fourth-order valence-electron chi connectivity index (χ4n) is 1.95. The normalized spacial score (nSPS) is 12.1. The molecule has 0 aliphatic rings. The summed E-state index contributed by atoms with van der Waals surface area (Å²) in [5.74, 6) is 0.895. The Labute approximate surface area is 132 Å². The Morgan fingerprint density at radius 1 is 1.00 bits per heavy atom. The average Bonchev–Trinajstić information content (AvgIpc) is 2.53. The van der Waals surface area contributed by atoms with E-state index in [1.165, 1.54) is 11.1 Å². The van der Waals surface area contributed by atoms with E-state index in [4.69, 9.17) is 20.5 Å². The molecule has 0 aliphatic carbocycles. The molecule has 0 bridgehead atoms. The minimum absolute atomic E-state index is 0.589. The van der Waals surface area contributed by atoms with Gasteiger partial charge in [-0.25, -0.2) is 0 Å². The van der Waals surface area contributed by atoms with Crippen LogP contribution in [0.2, 0.25) is 0 Å². The van der Waals surface area contributed by atoms with Crippen LogP contribution in [-0.2, 0) is 17.6 Å². The maximum atomic E-state index is 6.12. The van der Waals surface area contributed by atoms with Crippen LogP contribution in [0, 0.1) is 0 Å². The molecule has 0 radical (unpaired) electrons. The molecular weight excluding hydrogens is 303 g/mol. The zero-order valence-electron chi connectivity index (χ0n) is 12.2. The quantitative estimate of drug-likeness (QED) is 0.606. The highest BCUT2D eigenvalue weighted by Crippen LogP contribution is 2.42. The first-order valence-corrected chi connectivity index (χ1v) is 9.45. The van der Waals surface area contributed by atoms with Gasteiger partial charge in [-0.1, -0.05) is 53.7 Å². The monoisotopic (exact) mass is 322 g/mol. The van der Waals surface area contributed by atoms with Crippen molar-refractivity contribution < 1.29 is 9.26 Å². The van der Waals surface area contributed by atoms with Crippen molar-refractivity contribution in [1.29, 1.82) is 0 Å². The number of hydrogen-bond donors (Lipinski definition) is 0. The fraction of sp³-hybridized carbons (Fsp3) is 0.294. The van der Waals surface area contributed by atoms with Crippen molar-refractivity contribution >= 4 is 18.7 Å². The van der Waals surface area contributed by atoms with E-state index in [2.05, 4.69) is 24.3 Å². The molecule has 2 aromatic rings. The van der Waals surface area contributed by atoms with Crippen LogP contribution in [0.25, 0.3) is 0 Å². The van der Waals surface area contributed by atoms with Crippen LogP contribution in [0.3, 0.4) is 0 Å². The van der Waals surface area contributed by atoms with Gasteiger partial charge in [-0.15, -0.1) is 0 Å². The second-order valence-corrected chi connectivity index (χ2v) is 7.10. The highest BCUT2D eigenvalue weighted by atomic mass is 35.7. The molecule has 21 heavy (non-hydrogen) atoms. The van der Waals surface area contributed by atoms with Gasteiger partial charge in [0.05, 0.1) is 0 Å². The molecule has 0 amide bonds. The molecule has 0 spiro atoms. The first kappa shape index (κ1) is 16.3. The molecule has 0 saturated carbocycles. The standard InChI is InChI=1S/C17H20ClO2P/c1-2-20-21(18)12-11-15-9-6-10-17(13-15)19-14-16-7-4-3-5-8-16/h3-10,13H,2,11-12,14H2,1H3. The van der Waals surface area contributed by atoms with Crippen LogP contribution >= 0.6 is 18.7 Å². The second-order valence-electron chi connectivity index (χ2n) is 4.63. The Bertz CT molecular complexity index is 533. The number of hydrogen-bond acceptors (Lipinski definition) is 2. The minimum Gasteiger partial charge on any atom is -0.489 e. The Balaban J connectivity index is 1.86. The molecule has 0 aromatic heterocycles. The molecule has 1 atom stereocenters. The molecule has 2 rings (SSSR count). The highest BCUT2D eigenvalue weighted by Gasteiger charge is 2.05. The number of aryl methyl sites for hydroxylation is 1. The Morgan fingerprint density at radius 3 is 2.52 bits per heavy atom. The predicted octanol–water partition coefficient (Wildman–Crippen LogP) is 5.40. The van der Waals surface area contributed by atoms with Crippen LogP contribution in [-0.4, -0.2) is 12.8 Å². The number of ether oxygens (including phenoxy) is 1. The van der Waals surface area contributed by atoms with Gasteiger partial charge in [0, 0.05) is 12.8 Å². The van der Waals surface area contributed by atoms with E-state index in [0.717, 1.165) is 18.3 Å². The second kappa shape index (κ2) is 9.04. The Morgan fingerprint density at radius 2 is 1.76 bits per heavy atom. The molecule has 0 aliphatic heterocycles. The van der Waals surface area contributed by atoms with Crippen molar-refractivity contribution in [2.75, 3.05) is 12.8 Å². The molecule has 112 valence electrons. The summed E-state index contributed by atoms with van der Waals surface area (Å²) in [6, 6.07) is 18.4. The Hall–Kier alpha value is -1.08. The van der Waals surface area contributed by atoms with Crippen molar-refractivity contribution in [2.24, 2.45) is 0 Å². The molecule has 2 aromatic carbocycles. The highest BCUT2D eigenvalue weighted by molar-refractivity contribution is 7.80. The largest absolute Gasteiger partial charge is 0.489 e. The van der Waals surface area contributed by atoms with E-state index < -0.39 is 7.50 Å². The van der Waals surface area contributed by atoms with Crippen molar-refractivity contribution in [1.82, 2.24) is 0 Å². The lowest BCUT2D eigenvalue weighted by molar-refractivity contribution is 0.306. The van der Waals surface area contributed by atoms with Gasteiger partial charge in [-0.3, -0.25) is 0 Å². The minimum atomic E-state index is -0.827. The van der Waals surface area contributed by atoms with Gasteiger partial charge in [0.2, 0.25) is 0 Å². The zero-order chi connectivity index (χ0) is 14.9. The first-order valence-electron chi connectivity index (χ1n) is 7.10. The van der Waals surface area contributed by atoms with Crippen molar-refractivity contribution in [2.45, 2.75) is 20.0 Å². The summed E-state index contributed by atoms with van der Waals surface area (Å²) < 4.78 is 11.2. The summed E-state index contributed by atoms with van der Waals surface area (Å²) >= 11 is 6.12. The summed E-state index contributed by atoms with van der Waals surface area (Å²) in [7, 11) is -0.827. The molecule has 2 nitrogen and oxygen atoms in total. The lowest BCUT2D eigenvalue weighted by Gasteiger charge is -2.10. The third-order valence-electron chi connectivity index (χ3n) is 2.99. The van der Waals surface area contributed by atoms with Crippen molar-refractivity contribution in [3.05, 3.63) is 65.7 Å². The van der Waals surface area contributed by atoms with Crippen LogP contribution in [0.5, 0.6) is 5.75 Å². The zero-order valence-corrected chi connectivity index (χ0v) is 13.8. The van der Waals surface area contributed by atoms with E-state index in [9.17, 15) is 0 Å². The smallest absolute Gasteiger partial charge is 0.124 e. The molecule has 4 heteroatoms. The average molecular weight is 323 g/mol. The lowest BCUT2D eigenvalue weighted by Crippen LogP contribution is -1.96. The van der Waals surface area contributed by atoms with Gasteiger partial charge < -0.3 is 9.26 Å². The number of benzene rings is 2. The molecule has 0 heterocycles. The predicted molar refractivity (Wildman–Crippen MR) is 90.2 cm³/mol. The summed E-state index contributed by atoms with van der Waals surface area (Å²) in [6.07, 6.45) is 1.78. The van der Waals surface area contributed by atoms with E-state index in [-0.39, 0.29) is 0 Å². The molecule has 1 unspecified atom stereocenters. The van der Waals surface area contributed by atoms with Gasteiger partial charge in [-0.2, -0.15) is 0 Å². The maximum absolute atomic E-state index is 6.12.